The number of aromatic amines is 1. The maximum absolute atomic E-state index is 5.31. The van der Waals surface area contributed by atoms with Crippen molar-refractivity contribution in [1.82, 2.24) is 15.2 Å². The second-order valence-corrected chi connectivity index (χ2v) is 4.76. The van der Waals surface area contributed by atoms with Crippen molar-refractivity contribution in [2.24, 2.45) is 0 Å². The Hall–Kier alpha value is -2.04. The number of nitrogens with zero attached hydrogens (tertiary/aromatic N) is 3. The van der Waals surface area contributed by atoms with Crippen LogP contribution in [0.3, 0.4) is 0 Å². The Balaban J connectivity index is 2.02. The maximum Gasteiger partial charge on any atom is 0.157 e. The lowest BCUT2D eigenvalue weighted by Crippen LogP contribution is -2.29. The zero-order valence-electron chi connectivity index (χ0n) is 11.1. The average molecular weight is 258 g/mol. The first kappa shape index (κ1) is 12.0. The molecule has 1 fully saturated rings. The highest BCUT2D eigenvalue weighted by atomic mass is 16.5. The fraction of sp³-hybridized carbons (Fsp3) is 0.429. The van der Waals surface area contributed by atoms with E-state index in [1.165, 1.54) is 31.3 Å². The van der Waals surface area contributed by atoms with E-state index in [-0.39, 0.29) is 0 Å². The summed E-state index contributed by atoms with van der Waals surface area (Å²) in [6.45, 7) is 2.21. The molecule has 0 atom stereocenters. The predicted molar refractivity (Wildman–Crippen MR) is 74.4 cm³/mol. The summed E-state index contributed by atoms with van der Waals surface area (Å²) in [5.41, 5.74) is 2.26. The maximum atomic E-state index is 5.31. The number of hydrogen-bond donors (Lipinski definition) is 1. The van der Waals surface area contributed by atoms with E-state index in [2.05, 4.69) is 26.1 Å². The number of nitrogens with one attached hydrogen (secondary N) is 1. The van der Waals surface area contributed by atoms with E-state index in [0.717, 1.165) is 30.2 Å². The lowest BCUT2D eigenvalue weighted by atomic mass is 10.1. The van der Waals surface area contributed by atoms with Gasteiger partial charge in [0.1, 0.15) is 12.1 Å². The van der Waals surface area contributed by atoms with Gasteiger partial charge in [0.15, 0.2) is 5.82 Å². The summed E-state index contributed by atoms with van der Waals surface area (Å²) < 4.78 is 5.31. The molecule has 0 spiro atoms. The fourth-order valence-corrected chi connectivity index (χ4v) is 2.58. The predicted octanol–water partition coefficient (Wildman–Crippen LogP) is 2.47. The number of ether oxygens (including phenoxy) is 1. The van der Waals surface area contributed by atoms with Gasteiger partial charge in [0.25, 0.3) is 0 Å². The SMILES string of the molecule is COc1ccc(N2CCCCC2)c(-c2ncn[nH]2)c1. The minimum Gasteiger partial charge on any atom is -0.497 e. The number of aromatic nitrogens is 3. The highest BCUT2D eigenvalue weighted by Crippen LogP contribution is 2.33. The van der Waals surface area contributed by atoms with Crippen LogP contribution in [-0.2, 0) is 0 Å². The third kappa shape index (κ3) is 2.41. The molecule has 19 heavy (non-hydrogen) atoms. The van der Waals surface area contributed by atoms with E-state index in [1.807, 2.05) is 12.1 Å². The normalized spacial score (nSPS) is 15.5. The van der Waals surface area contributed by atoms with Gasteiger partial charge < -0.3 is 9.64 Å². The number of anilines is 1. The van der Waals surface area contributed by atoms with Crippen molar-refractivity contribution in [1.29, 1.82) is 0 Å². The van der Waals surface area contributed by atoms with Crippen LogP contribution in [-0.4, -0.2) is 35.4 Å². The number of hydrogen-bond acceptors (Lipinski definition) is 4. The Kier molecular flexibility index (Phi) is 3.35. The fourth-order valence-electron chi connectivity index (χ4n) is 2.58. The van der Waals surface area contributed by atoms with Gasteiger partial charge in [-0.1, -0.05) is 0 Å². The van der Waals surface area contributed by atoms with Gasteiger partial charge in [-0.25, -0.2) is 4.98 Å². The van der Waals surface area contributed by atoms with Crippen LogP contribution >= 0.6 is 0 Å². The van der Waals surface area contributed by atoms with Crippen molar-refractivity contribution in [2.45, 2.75) is 19.3 Å². The van der Waals surface area contributed by atoms with Crippen LogP contribution in [0.15, 0.2) is 24.5 Å². The molecule has 5 nitrogen and oxygen atoms in total. The Morgan fingerprint density at radius 2 is 2.05 bits per heavy atom. The van der Waals surface area contributed by atoms with Gasteiger partial charge in [-0.3, -0.25) is 5.10 Å². The number of methoxy groups -OCH3 is 1. The van der Waals surface area contributed by atoms with Crippen LogP contribution in [0.5, 0.6) is 5.75 Å². The van der Waals surface area contributed by atoms with Crippen molar-refractivity contribution >= 4 is 5.69 Å². The number of rotatable bonds is 3. The Morgan fingerprint density at radius 1 is 1.21 bits per heavy atom. The molecule has 1 aliphatic heterocycles. The summed E-state index contributed by atoms with van der Waals surface area (Å²) in [4.78, 5) is 6.69. The van der Waals surface area contributed by atoms with Gasteiger partial charge in [-0.2, -0.15) is 5.10 Å². The molecule has 0 bridgehead atoms. The van der Waals surface area contributed by atoms with Crippen molar-refractivity contribution < 1.29 is 4.74 Å². The molecule has 2 heterocycles. The van der Waals surface area contributed by atoms with Crippen LogP contribution in [0, 0.1) is 0 Å². The van der Waals surface area contributed by atoms with Gasteiger partial charge in [0.2, 0.25) is 0 Å². The van der Waals surface area contributed by atoms with E-state index >= 15 is 0 Å². The average Bonchev–Trinajstić information content (AvgIpc) is 3.01. The molecule has 5 heteroatoms. The largest absolute Gasteiger partial charge is 0.497 e. The minimum absolute atomic E-state index is 0.791. The molecule has 1 N–H and O–H groups in total. The summed E-state index contributed by atoms with van der Waals surface area (Å²) in [5.74, 6) is 1.63. The molecule has 2 aromatic rings. The summed E-state index contributed by atoms with van der Waals surface area (Å²) in [7, 11) is 1.68. The Bertz CT molecular complexity index is 532. The quantitative estimate of drug-likeness (QED) is 0.919. The van der Waals surface area contributed by atoms with Crippen molar-refractivity contribution in [2.75, 3.05) is 25.1 Å². The first-order chi connectivity index (χ1) is 9.38. The Morgan fingerprint density at radius 3 is 2.74 bits per heavy atom. The van der Waals surface area contributed by atoms with Crippen LogP contribution in [0.4, 0.5) is 5.69 Å². The summed E-state index contributed by atoms with van der Waals surface area (Å²) in [6, 6.07) is 6.14. The molecular weight excluding hydrogens is 240 g/mol. The molecule has 0 aliphatic carbocycles. The summed E-state index contributed by atoms with van der Waals surface area (Å²) in [6.07, 6.45) is 5.36. The monoisotopic (exact) mass is 258 g/mol. The standard InChI is InChI=1S/C14H18N4O/c1-19-11-5-6-13(18-7-3-2-4-8-18)12(9-11)14-15-10-16-17-14/h5-6,9-10H,2-4,7-8H2,1H3,(H,15,16,17). The number of benzene rings is 1. The molecule has 3 rings (SSSR count). The molecule has 0 amide bonds. The van der Waals surface area contributed by atoms with E-state index in [0.29, 0.717) is 0 Å². The smallest absolute Gasteiger partial charge is 0.157 e. The van der Waals surface area contributed by atoms with Gasteiger partial charge in [0.05, 0.1) is 7.11 Å². The number of piperidine rings is 1. The van der Waals surface area contributed by atoms with Crippen molar-refractivity contribution in [3.8, 4) is 17.1 Å². The van der Waals surface area contributed by atoms with Gasteiger partial charge in [-0.15, -0.1) is 0 Å². The zero-order valence-corrected chi connectivity index (χ0v) is 11.1. The molecule has 0 saturated carbocycles. The lowest BCUT2D eigenvalue weighted by molar-refractivity contribution is 0.415. The summed E-state index contributed by atoms with van der Waals surface area (Å²) >= 11 is 0. The third-order valence-electron chi connectivity index (χ3n) is 3.57. The molecule has 1 saturated heterocycles. The van der Waals surface area contributed by atoms with Gasteiger partial charge in [0, 0.05) is 24.3 Å². The third-order valence-corrected chi connectivity index (χ3v) is 3.57. The van der Waals surface area contributed by atoms with Crippen LogP contribution in [0.1, 0.15) is 19.3 Å². The van der Waals surface area contributed by atoms with Crippen LogP contribution in [0.25, 0.3) is 11.4 Å². The van der Waals surface area contributed by atoms with E-state index in [1.54, 1.807) is 7.11 Å². The van der Waals surface area contributed by atoms with Crippen molar-refractivity contribution in [3.05, 3.63) is 24.5 Å². The Labute approximate surface area is 112 Å². The highest BCUT2D eigenvalue weighted by molar-refractivity contribution is 5.76. The zero-order chi connectivity index (χ0) is 13.1. The topological polar surface area (TPSA) is 54.0 Å². The van der Waals surface area contributed by atoms with E-state index in [4.69, 9.17) is 4.74 Å². The van der Waals surface area contributed by atoms with E-state index < -0.39 is 0 Å². The van der Waals surface area contributed by atoms with E-state index in [9.17, 15) is 0 Å². The van der Waals surface area contributed by atoms with Gasteiger partial charge in [-0.05, 0) is 37.5 Å². The van der Waals surface area contributed by atoms with Crippen LogP contribution in [0.2, 0.25) is 0 Å². The highest BCUT2D eigenvalue weighted by Gasteiger charge is 2.17. The lowest BCUT2D eigenvalue weighted by Gasteiger charge is -2.30. The molecule has 100 valence electrons. The first-order valence-electron chi connectivity index (χ1n) is 6.67. The second-order valence-electron chi connectivity index (χ2n) is 4.76. The number of H-pyrrole nitrogens is 1. The molecule has 1 aliphatic rings. The molecule has 0 unspecified atom stereocenters. The molecule has 1 aromatic carbocycles. The van der Waals surface area contributed by atoms with Crippen molar-refractivity contribution in [3.63, 3.8) is 0 Å². The minimum atomic E-state index is 0.791. The first-order valence-corrected chi connectivity index (χ1v) is 6.67. The molecular formula is C14H18N4O. The summed E-state index contributed by atoms with van der Waals surface area (Å²) in [5, 5.41) is 6.89. The molecule has 1 aromatic heterocycles. The van der Waals surface area contributed by atoms with Gasteiger partial charge >= 0.3 is 0 Å². The molecule has 0 radical (unpaired) electrons. The second kappa shape index (κ2) is 5.30. The van der Waals surface area contributed by atoms with Crippen LogP contribution < -0.4 is 9.64 Å².